The van der Waals surface area contributed by atoms with Crippen molar-refractivity contribution in [1.82, 2.24) is 54.9 Å². The number of aromatic nitrogens is 11. The van der Waals surface area contributed by atoms with Crippen molar-refractivity contribution in [3.8, 4) is 46.1 Å². The number of carbonyl (C=O) groups excluding carboxylic acids is 1. The number of aliphatic hydroxyl groups is 4. The topological polar surface area (TPSA) is 329 Å². The highest BCUT2D eigenvalue weighted by Gasteiger charge is 2.50. The Bertz CT molecular complexity index is 3270. The van der Waals surface area contributed by atoms with E-state index in [1.54, 1.807) is 58.8 Å². The number of methoxy groups -OCH3 is 2. The molecule has 4 fully saturated rings. The lowest BCUT2D eigenvalue weighted by Crippen LogP contribution is -2.56. The van der Waals surface area contributed by atoms with Gasteiger partial charge in [0.15, 0.2) is 0 Å². The summed E-state index contributed by atoms with van der Waals surface area (Å²) >= 11 is 2.68. The molecule has 11 rings (SSSR count). The average Bonchev–Trinajstić information content (AvgIpc) is 4.37. The minimum absolute atomic E-state index is 0.0228. The van der Waals surface area contributed by atoms with Gasteiger partial charge < -0.3 is 53.6 Å². The first-order chi connectivity index (χ1) is 41.4. The Labute approximate surface area is 498 Å². The fraction of sp³-hybridized carbons (Fsp3) is 0.456. The Morgan fingerprint density at radius 1 is 0.706 bits per heavy atom. The summed E-state index contributed by atoms with van der Waals surface area (Å²) in [4.78, 5) is 22.3. The highest BCUT2D eigenvalue weighted by molar-refractivity contribution is 8.00. The minimum atomic E-state index is -1.13. The van der Waals surface area contributed by atoms with Gasteiger partial charge in [-0.15, -0.1) is 45.2 Å². The molecule has 7 aromatic rings. The zero-order chi connectivity index (χ0) is 59.8. The molecule has 2 aromatic carbocycles. The quantitative estimate of drug-likeness (QED) is 0.0337. The van der Waals surface area contributed by atoms with Crippen molar-refractivity contribution in [3.63, 3.8) is 0 Å². The molecule has 26 nitrogen and oxygen atoms in total. The molecule has 16 atom stereocenters. The number of carbonyl (C=O) groups is 1. The van der Waals surface area contributed by atoms with Crippen molar-refractivity contribution in [3.05, 3.63) is 144 Å². The van der Waals surface area contributed by atoms with Crippen LogP contribution in [0.5, 0.6) is 0 Å². The van der Waals surface area contributed by atoms with Crippen LogP contribution in [0, 0.1) is 18.3 Å². The fourth-order valence-corrected chi connectivity index (χ4v) is 13.2. The van der Waals surface area contributed by atoms with Crippen molar-refractivity contribution in [2.24, 2.45) is 11.0 Å². The zero-order valence-corrected chi connectivity index (χ0v) is 48.4. The highest BCUT2D eigenvalue weighted by atomic mass is 32.2. The van der Waals surface area contributed by atoms with Crippen molar-refractivity contribution in [1.29, 1.82) is 0 Å². The van der Waals surface area contributed by atoms with E-state index in [2.05, 4.69) is 56.9 Å². The van der Waals surface area contributed by atoms with Gasteiger partial charge in [0.25, 0.3) is 0 Å². The number of aliphatic hydroxyl groups excluding tert-OH is 4. The molecule has 16 unspecified atom stereocenters. The number of nitrogens with zero attached hydrogens (tertiary/aromatic N) is 14. The lowest BCUT2D eigenvalue weighted by molar-refractivity contribution is -0.186. The molecule has 85 heavy (non-hydrogen) atoms. The monoisotopic (exact) mass is 1200 g/mol. The molecular weight excluding hydrogens is 1140 g/mol. The van der Waals surface area contributed by atoms with Crippen LogP contribution in [-0.2, 0) is 38.0 Å². The summed E-state index contributed by atoms with van der Waals surface area (Å²) in [6.45, 7) is 3.90. The molecule has 4 aliphatic heterocycles. The van der Waals surface area contributed by atoms with E-state index in [0.717, 1.165) is 22.3 Å². The molecule has 0 bridgehead atoms. The van der Waals surface area contributed by atoms with E-state index in [4.69, 9.17) is 45.1 Å². The van der Waals surface area contributed by atoms with Crippen molar-refractivity contribution >= 4 is 29.5 Å². The summed E-state index contributed by atoms with van der Waals surface area (Å²) in [5.74, 6) is 1.78. The second kappa shape index (κ2) is 30.2. The molecule has 4 N–H and O–H groups in total. The minimum Gasteiger partial charge on any atom is -0.463 e. The smallest absolute Gasteiger partial charge is 0.302 e. The maximum atomic E-state index is 11.4. The second-order valence-electron chi connectivity index (χ2n) is 20.2. The maximum Gasteiger partial charge on any atom is 0.302 e. The summed E-state index contributed by atoms with van der Waals surface area (Å²) in [5, 5.41) is 72.6. The number of rotatable bonds is 16. The van der Waals surface area contributed by atoms with Crippen LogP contribution >= 0.6 is 23.5 Å². The Balaban J connectivity index is 0.000000181. The van der Waals surface area contributed by atoms with Gasteiger partial charge in [0.05, 0.1) is 86.5 Å². The van der Waals surface area contributed by atoms with Crippen molar-refractivity contribution in [2.45, 2.75) is 102 Å². The van der Waals surface area contributed by atoms with E-state index < -0.39 is 95.6 Å². The van der Waals surface area contributed by atoms with Crippen LogP contribution in [0.3, 0.4) is 0 Å². The van der Waals surface area contributed by atoms with Crippen LogP contribution in [0.4, 0.5) is 0 Å². The Hall–Kier alpha value is -7.20. The molecule has 0 saturated carbocycles. The fourth-order valence-electron chi connectivity index (χ4n) is 10.2. The Morgan fingerprint density at radius 2 is 1.21 bits per heavy atom. The second-order valence-corrected chi connectivity index (χ2v) is 22.8. The van der Waals surface area contributed by atoms with Gasteiger partial charge >= 0.3 is 5.97 Å². The van der Waals surface area contributed by atoms with E-state index in [-0.39, 0.29) is 44.2 Å². The number of thioether (sulfide) groups is 2. The number of pyridine rings is 2. The first-order valence-electron chi connectivity index (χ1n) is 27.2. The number of ether oxygens (including phenoxy) is 7. The summed E-state index contributed by atoms with van der Waals surface area (Å²) < 4.78 is 45.6. The molecule has 0 radical (unpaired) electrons. The SMILES string of the molecule is C#Cc1cccnc1.COC1C(SC2COCC(n3cc(-c4ccccc4)nn3)C2O)OC(CO)C(O)C1n1cc(-c2cccnc2)nn1.COC1C(SC2COCC(n3cc(-c4ccccc4)nn3)C2O)OC(COC(C)=O)C(C)C1N=[N+]=[N-]. The van der Waals surface area contributed by atoms with Gasteiger partial charge in [0, 0.05) is 73.1 Å². The number of hydrogen-bond donors (Lipinski definition) is 4. The van der Waals surface area contributed by atoms with Gasteiger partial charge in [-0.05, 0) is 35.7 Å². The van der Waals surface area contributed by atoms with E-state index in [1.165, 1.54) is 49.3 Å². The number of terminal acetylenes is 1. The first-order valence-corrected chi connectivity index (χ1v) is 29.1. The highest BCUT2D eigenvalue weighted by Crippen LogP contribution is 2.43. The van der Waals surface area contributed by atoms with Gasteiger partial charge in [-0.1, -0.05) is 94.3 Å². The number of benzene rings is 2. The largest absolute Gasteiger partial charge is 0.463 e. The van der Waals surface area contributed by atoms with Crippen molar-refractivity contribution in [2.75, 3.05) is 53.9 Å². The van der Waals surface area contributed by atoms with Crippen LogP contribution in [0.2, 0.25) is 0 Å². The van der Waals surface area contributed by atoms with Crippen LogP contribution < -0.4 is 0 Å². The van der Waals surface area contributed by atoms with E-state index in [9.17, 15) is 25.2 Å². The van der Waals surface area contributed by atoms with E-state index in [1.807, 2.05) is 85.8 Å². The third kappa shape index (κ3) is 15.3. The third-order valence-corrected chi connectivity index (χ3v) is 17.6. The van der Waals surface area contributed by atoms with Gasteiger partial charge in [-0.2, -0.15) is 0 Å². The zero-order valence-electron chi connectivity index (χ0n) is 46.8. The lowest BCUT2D eigenvalue weighted by Gasteiger charge is -2.45. The maximum absolute atomic E-state index is 11.4. The van der Waals surface area contributed by atoms with Crippen LogP contribution in [-0.4, -0.2) is 205 Å². The Morgan fingerprint density at radius 3 is 1.69 bits per heavy atom. The van der Waals surface area contributed by atoms with Crippen molar-refractivity contribution < 1.29 is 58.4 Å². The average molecular weight is 1200 g/mol. The van der Waals surface area contributed by atoms with Gasteiger partial charge in [-0.3, -0.25) is 14.8 Å². The summed E-state index contributed by atoms with van der Waals surface area (Å²) in [6, 6.07) is 24.5. The standard InChI is InChI=1S/C27H31N7O6S.C23H30N6O6S.C7H5N/c1-38-26-23(34-12-19(30-32-34)17-8-5-9-28-10-17)25(37)21(13-35)40-27(26)41-22-15-39-14-20(24(22)36)33-11-18(29-31-33)16-6-3-2-4-7-16;1-13-18(11-34-14(2)30)35-23(22(32-3)20(13)26-27-24)36-19-12-33-10-17(21(19)31)29-9-16(25-28-29)15-7-5-4-6-8-15;1-2-7-4-3-5-8-6-7/h2-12,20-27,35-37H,13-15H2,1H3;4-9,13,17-23,31H,10-12H2,1-3H3;1,3-6H. The molecule has 4 saturated heterocycles. The van der Waals surface area contributed by atoms with Gasteiger partial charge in [0.1, 0.15) is 77.1 Å². The molecule has 0 amide bonds. The summed E-state index contributed by atoms with van der Waals surface area (Å²) in [7, 11) is 3.05. The molecule has 0 aliphatic carbocycles. The molecule has 5 aromatic heterocycles. The summed E-state index contributed by atoms with van der Waals surface area (Å²) in [5.41, 5.74) is 13.3. The predicted molar refractivity (Wildman–Crippen MR) is 311 cm³/mol. The first kappa shape index (κ1) is 62.3. The number of hydrogen-bond acceptors (Lipinski definition) is 23. The lowest BCUT2D eigenvalue weighted by atomic mass is 9.89. The molecular formula is C57H66N14O12S2. The molecule has 0 spiro atoms. The van der Waals surface area contributed by atoms with Gasteiger partial charge in [0.2, 0.25) is 0 Å². The number of azide groups is 1. The third-order valence-electron chi connectivity index (χ3n) is 14.8. The number of esters is 1. The van der Waals surface area contributed by atoms with Crippen LogP contribution in [0.1, 0.15) is 37.5 Å². The Kier molecular flexibility index (Phi) is 22.2. The molecule has 9 heterocycles. The normalized spacial score (nSPS) is 29.1. The summed E-state index contributed by atoms with van der Waals surface area (Å²) in [6.07, 6.45) is 11.6. The molecule has 4 aliphatic rings. The molecule has 448 valence electrons. The van der Waals surface area contributed by atoms with Crippen LogP contribution in [0.25, 0.3) is 44.2 Å². The van der Waals surface area contributed by atoms with E-state index in [0.29, 0.717) is 17.1 Å². The van der Waals surface area contributed by atoms with E-state index >= 15 is 0 Å². The predicted octanol–water partition coefficient (Wildman–Crippen LogP) is 4.63. The van der Waals surface area contributed by atoms with Gasteiger partial charge in [-0.25, -0.2) is 14.0 Å². The molecule has 28 heteroatoms. The van der Waals surface area contributed by atoms with Crippen LogP contribution in [0.15, 0.2) is 133 Å².